The van der Waals surface area contributed by atoms with Crippen LogP contribution in [0.3, 0.4) is 0 Å². The van der Waals surface area contributed by atoms with Crippen molar-refractivity contribution in [1.29, 1.82) is 0 Å². The summed E-state index contributed by atoms with van der Waals surface area (Å²) in [5.41, 5.74) is 6.81. The highest BCUT2D eigenvalue weighted by Crippen LogP contribution is 2.35. The van der Waals surface area contributed by atoms with Gasteiger partial charge in [-0.25, -0.2) is 0 Å². The highest BCUT2D eigenvalue weighted by molar-refractivity contribution is 6.37. The molecule has 1 aromatic carbocycles. The average Bonchev–Trinajstić information content (AvgIpc) is 2.88. The molecule has 2 rings (SSSR count). The molecule has 2 N–H and O–H groups in total. The zero-order valence-electron chi connectivity index (χ0n) is 12.1. The maximum absolute atomic E-state index is 6.01. The van der Waals surface area contributed by atoms with Crippen molar-refractivity contribution in [1.82, 2.24) is 10.1 Å². The number of nitrogens with zero attached hydrogens (tertiary/aromatic N) is 2. The number of hydrogen-bond donors (Lipinski definition) is 1. The molecule has 0 aliphatic heterocycles. The monoisotopic (exact) mass is 329 g/mol. The first-order valence-corrected chi connectivity index (χ1v) is 7.39. The maximum atomic E-state index is 6.01. The summed E-state index contributed by atoms with van der Waals surface area (Å²) in [6.07, 6.45) is -0.233. The van der Waals surface area contributed by atoms with E-state index in [2.05, 4.69) is 10.1 Å². The lowest BCUT2D eigenvalue weighted by Gasteiger charge is -2.16. The first-order chi connectivity index (χ1) is 9.93. The molecule has 114 valence electrons. The smallest absolute Gasteiger partial charge is 0.260 e. The summed E-state index contributed by atoms with van der Waals surface area (Å²) in [6.45, 7) is 6.55. The summed E-state index contributed by atoms with van der Waals surface area (Å²) in [5.74, 6) is 0.977. The topological polar surface area (TPSA) is 74.2 Å². The van der Waals surface area contributed by atoms with Crippen LogP contribution < -0.4 is 5.73 Å². The Bertz CT molecular complexity index is 629. The van der Waals surface area contributed by atoms with Crippen LogP contribution in [0.25, 0.3) is 11.5 Å². The second kappa shape index (κ2) is 6.64. The summed E-state index contributed by atoms with van der Waals surface area (Å²) >= 11 is 12.0. The van der Waals surface area contributed by atoms with Gasteiger partial charge in [0, 0.05) is 11.6 Å². The highest BCUT2D eigenvalue weighted by atomic mass is 35.5. The number of benzene rings is 1. The van der Waals surface area contributed by atoms with E-state index in [0.29, 0.717) is 33.7 Å². The second-order valence-electron chi connectivity index (χ2n) is 4.93. The van der Waals surface area contributed by atoms with Crippen molar-refractivity contribution in [2.45, 2.75) is 26.9 Å². The van der Waals surface area contributed by atoms with Gasteiger partial charge >= 0.3 is 0 Å². The third kappa shape index (κ3) is 3.48. The first kappa shape index (κ1) is 16.1. The van der Waals surface area contributed by atoms with Gasteiger partial charge in [-0.2, -0.15) is 4.98 Å². The molecule has 0 amide bonds. The summed E-state index contributed by atoms with van der Waals surface area (Å²) < 4.78 is 10.9. The lowest BCUT2D eigenvalue weighted by atomic mass is 10.1. The van der Waals surface area contributed by atoms with Crippen LogP contribution in [-0.4, -0.2) is 16.7 Å². The van der Waals surface area contributed by atoms with Crippen LogP contribution in [0.2, 0.25) is 10.0 Å². The van der Waals surface area contributed by atoms with Crippen LogP contribution in [0, 0.1) is 5.92 Å². The number of nitrogens with two attached hydrogens (primary N) is 1. The molecule has 0 saturated carbocycles. The van der Waals surface area contributed by atoms with Gasteiger partial charge in [0.05, 0.1) is 16.3 Å². The van der Waals surface area contributed by atoms with Crippen molar-refractivity contribution in [2.24, 2.45) is 5.92 Å². The van der Waals surface area contributed by atoms with Gasteiger partial charge in [0.2, 0.25) is 5.82 Å². The minimum absolute atomic E-state index is 0.218. The number of aromatic nitrogens is 2. The largest absolute Gasteiger partial charge is 0.397 e. The molecule has 0 fully saturated rings. The third-order valence-corrected chi connectivity index (χ3v) is 3.50. The van der Waals surface area contributed by atoms with Crippen molar-refractivity contribution in [3.63, 3.8) is 0 Å². The molecule has 7 heteroatoms. The molecule has 5 nitrogen and oxygen atoms in total. The Morgan fingerprint density at radius 2 is 2.05 bits per heavy atom. The predicted molar refractivity (Wildman–Crippen MR) is 83.4 cm³/mol. The zero-order chi connectivity index (χ0) is 15.6. The van der Waals surface area contributed by atoms with E-state index in [1.807, 2.05) is 20.8 Å². The van der Waals surface area contributed by atoms with E-state index in [1.165, 1.54) is 0 Å². The van der Waals surface area contributed by atoms with E-state index >= 15 is 0 Å². The van der Waals surface area contributed by atoms with Crippen molar-refractivity contribution >= 4 is 28.9 Å². The lowest BCUT2D eigenvalue weighted by molar-refractivity contribution is 0.0217. The zero-order valence-corrected chi connectivity index (χ0v) is 13.6. The van der Waals surface area contributed by atoms with E-state index in [9.17, 15) is 0 Å². The van der Waals surface area contributed by atoms with Gasteiger partial charge in [0.1, 0.15) is 6.10 Å². The van der Waals surface area contributed by atoms with Crippen LogP contribution in [0.4, 0.5) is 5.69 Å². The summed E-state index contributed by atoms with van der Waals surface area (Å²) in [4.78, 5) is 4.36. The van der Waals surface area contributed by atoms with E-state index in [1.54, 1.807) is 12.1 Å². The van der Waals surface area contributed by atoms with Gasteiger partial charge in [-0.05, 0) is 25.0 Å². The van der Waals surface area contributed by atoms with E-state index < -0.39 is 0 Å². The lowest BCUT2D eigenvalue weighted by Crippen LogP contribution is -2.12. The van der Waals surface area contributed by atoms with Crippen molar-refractivity contribution in [3.8, 4) is 11.5 Å². The highest BCUT2D eigenvalue weighted by Gasteiger charge is 2.23. The normalized spacial score (nSPS) is 12.9. The fourth-order valence-corrected chi connectivity index (χ4v) is 2.46. The first-order valence-electron chi connectivity index (χ1n) is 6.64. The Balaban J connectivity index is 2.40. The fraction of sp³-hybridized carbons (Fsp3) is 0.429. The fourth-order valence-electron chi connectivity index (χ4n) is 1.97. The molecular formula is C14H17Cl2N3O2. The number of halogens is 2. The van der Waals surface area contributed by atoms with Gasteiger partial charge < -0.3 is 15.0 Å². The van der Waals surface area contributed by atoms with Crippen LogP contribution in [0.5, 0.6) is 0 Å². The summed E-state index contributed by atoms with van der Waals surface area (Å²) in [7, 11) is 0. The molecule has 0 saturated heterocycles. The van der Waals surface area contributed by atoms with Gasteiger partial charge in [0.15, 0.2) is 0 Å². The third-order valence-electron chi connectivity index (χ3n) is 2.97. The SMILES string of the molecule is CCOC(c1noc(-c2cc(Cl)cc(Cl)c2N)n1)C(C)C. The van der Waals surface area contributed by atoms with Crippen LogP contribution in [0.1, 0.15) is 32.7 Å². The average molecular weight is 330 g/mol. The minimum atomic E-state index is -0.233. The number of rotatable bonds is 5. The van der Waals surface area contributed by atoms with E-state index in [-0.39, 0.29) is 17.9 Å². The molecule has 0 radical (unpaired) electrons. The number of hydrogen-bond acceptors (Lipinski definition) is 5. The molecule has 21 heavy (non-hydrogen) atoms. The molecule has 1 atom stereocenters. The Morgan fingerprint density at radius 3 is 2.67 bits per heavy atom. The van der Waals surface area contributed by atoms with Crippen LogP contribution >= 0.6 is 23.2 Å². The van der Waals surface area contributed by atoms with Gasteiger partial charge in [-0.3, -0.25) is 0 Å². The van der Waals surface area contributed by atoms with Crippen molar-refractivity contribution < 1.29 is 9.26 Å². The molecule has 1 heterocycles. The summed E-state index contributed by atoms with van der Waals surface area (Å²) in [6, 6.07) is 3.21. The molecular weight excluding hydrogens is 313 g/mol. The molecule has 2 aromatic rings. The molecule has 1 unspecified atom stereocenters. The van der Waals surface area contributed by atoms with E-state index in [0.717, 1.165) is 0 Å². The maximum Gasteiger partial charge on any atom is 0.260 e. The Labute approximate surface area is 133 Å². The molecule has 0 aliphatic rings. The Hall–Kier alpha value is -1.30. The molecule has 0 bridgehead atoms. The number of anilines is 1. The molecule has 1 aromatic heterocycles. The second-order valence-corrected chi connectivity index (χ2v) is 5.77. The van der Waals surface area contributed by atoms with Crippen molar-refractivity contribution in [3.05, 3.63) is 28.0 Å². The van der Waals surface area contributed by atoms with E-state index in [4.69, 9.17) is 38.2 Å². The quantitative estimate of drug-likeness (QED) is 0.825. The van der Waals surface area contributed by atoms with Gasteiger partial charge in [-0.1, -0.05) is 42.2 Å². The molecule has 0 aliphatic carbocycles. The molecule has 0 spiro atoms. The van der Waals surface area contributed by atoms with Gasteiger partial charge in [-0.15, -0.1) is 0 Å². The van der Waals surface area contributed by atoms with Crippen LogP contribution in [-0.2, 0) is 4.74 Å². The Kier molecular flexibility index (Phi) is 5.08. The standard InChI is InChI=1S/C14H17Cl2N3O2/c1-4-20-12(7(2)3)13-18-14(21-19-13)9-5-8(15)6-10(16)11(9)17/h5-7,12H,4,17H2,1-3H3. The van der Waals surface area contributed by atoms with Gasteiger partial charge in [0.25, 0.3) is 5.89 Å². The van der Waals surface area contributed by atoms with Crippen molar-refractivity contribution in [2.75, 3.05) is 12.3 Å². The number of ether oxygens (including phenoxy) is 1. The predicted octanol–water partition coefficient (Wildman–Crippen LogP) is 4.36. The summed E-state index contributed by atoms with van der Waals surface area (Å²) in [5, 5.41) is 4.78. The minimum Gasteiger partial charge on any atom is -0.397 e. The van der Waals surface area contributed by atoms with Crippen LogP contribution in [0.15, 0.2) is 16.7 Å². The Morgan fingerprint density at radius 1 is 1.33 bits per heavy atom. The number of nitrogen functional groups attached to an aromatic ring is 1.